The monoisotopic (exact) mass is 342 g/mol. The van der Waals surface area contributed by atoms with Crippen molar-refractivity contribution in [1.82, 2.24) is 10.2 Å². The van der Waals surface area contributed by atoms with Crippen LogP contribution in [-0.4, -0.2) is 59.0 Å². The van der Waals surface area contributed by atoms with Crippen LogP contribution in [0.25, 0.3) is 0 Å². The van der Waals surface area contributed by atoms with Gasteiger partial charge < -0.3 is 20.3 Å². The predicted octanol–water partition coefficient (Wildman–Crippen LogP) is 1.32. The van der Waals surface area contributed by atoms with Crippen LogP contribution in [0.4, 0.5) is 0 Å². The molecule has 2 heterocycles. The Kier molecular flexibility index (Phi) is 3.13. The second-order valence-corrected chi connectivity index (χ2v) is 8.07. The Morgan fingerprint density at radius 3 is 3.04 bits per heavy atom. The maximum atomic E-state index is 12.0. The second kappa shape index (κ2) is 5.00. The summed E-state index contributed by atoms with van der Waals surface area (Å²) in [6, 6.07) is 4.03. The Bertz CT molecular complexity index is 751. The zero-order chi connectivity index (χ0) is 17.4. The van der Waals surface area contributed by atoms with E-state index in [1.54, 1.807) is 6.07 Å². The number of hydrogen-bond acceptors (Lipinski definition) is 5. The number of nitrogens with zero attached hydrogens (tertiary/aromatic N) is 1. The van der Waals surface area contributed by atoms with Gasteiger partial charge in [0.05, 0.1) is 11.0 Å². The number of hydrogen-bond donors (Lipinski definition) is 3. The molecule has 0 radical (unpaired) electrons. The Morgan fingerprint density at radius 2 is 2.28 bits per heavy atom. The van der Waals surface area contributed by atoms with Crippen LogP contribution in [0, 0.1) is 0 Å². The normalized spacial score (nSPS) is 41.1. The van der Waals surface area contributed by atoms with Gasteiger partial charge in [0.1, 0.15) is 6.10 Å². The molecule has 2 aliphatic heterocycles. The molecule has 5 heteroatoms. The molecule has 2 aliphatic carbocycles. The Hall–Kier alpha value is -1.56. The number of phenols is 1. The molecule has 5 rings (SSSR count). The molecule has 1 saturated heterocycles. The maximum absolute atomic E-state index is 12.0. The topological polar surface area (TPSA) is 65.0 Å². The summed E-state index contributed by atoms with van der Waals surface area (Å²) in [5, 5.41) is 25.9. The standard InChI is InChI=1S/C20H26N2O3/c1-3-9-22-10-8-19-16-12-4-5-14(23)17(16)25-18(19)13(21-2)6-7-20(19,24)15(22)11-12/h3-5,13,15,18,21,23-24H,1,6-11H2,2H3/t13-,15-,18-,19-,20+/m0/s1. The number of ether oxygens (including phenoxy) is 1. The van der Waals surface area contributed by atoms with Crippen molar-refractivity contribution in [3.8, 4) is 11.5 Å². The number of likely N-dealkylation sites (N-methyl/N-ethyl adjacent to an activating group) is 1. The fourth-order valence-electron chi connectivity index (χ4n) is 6.31. The Labute approximate surface area is 148 Å². The fourth-order valence-corrected chi connectivity index (χ4v) is 6.31. The number of nitrogens with one attached hydrogen (secondary N) is 1. The molecule has 0 unspecified atom stereocenters. The van der Waals surface area contributed by atoms with Gasteiger partial charge in [-0.05, 0) is 50.9 Å². The lowest BCUT2D eigenvalue weighted by molar-refractivity contribution is -0.189. The number of phenolic OH excluding ortho intramolecular Hbond substituents is 1. The van der Waals surface area contributed by atoms with E-state index in [0.29, 0.717) is 5.75 Å². The highest BCUT2D eigenvalue weighted by Gasteiger charge is 2.72. The van der Waals surface area contributed by atoms with Crippen molar-refractivity contribution in [2.24, 2.45) is 0 Å². The SMILES string of the molecule is C=CCN1CC[C@]23c4c5ccc(O)c4O[C@H]2[C@@H](NC)CC[C@@]3(O)[C@@H]1C5. The molecule has 1 aromatic carbocycles. The summed E-state index contributed by atoms with van der Waals surface area (Å²) in [5.41, 5.74) is 1.05. The highest BCUT2D eigenvalue weighted by molar-refractivity contribution is 5.62. The van der Waals surface area contributed by atoms with Crippen LogP contribution >= 0.6 is 0 Å². The van der Waals surface area contributed by atoms with Crippen LogP contribution in [0.5, 0.6) is 11.5 Å². The summed E-state index contributed by atoms with van der Waals surface area (Å²) in [6.45, 7) is 5.62. The lowest BCUT2D eigenvalue weighted by atomic mass is 9.48. The number of aliphatic hydroxyl groups is 1. The lowest BCUT2D eigenvalue weighted by Gasteiger charge is -2.64. The summed E-state index contributed by atoms with van der Waals surface area (Å²) in [6.07, 6.45) is 5.08. The van der Waals surface area contributed by atoms with Crippen molar-refractivity contribution in [2.75, 3.05) is 20.1 Å². The maximum Gasteiger partial charge on any atom is 0.165 e. The zero-order valence-electron chi connectivity index (χ0n) is 14.7. The minimum atomic E-state index is -0.821. The Balaban J connectivity index is 1.76. The summed E-state index contributed by atoms with van der Waals surface area (Å²) < 4.78 is 6.36. The van der Waals surface area contributed by atoms with Crippen LogP contribution in [0.1, 0.15) is 30.4 Å². The molecule has 2 fully saturated rings. The first kappa shape index (κ1) is 15.7. The van der Waals surface area contributed by atoms with Crippen LogP contribution in [0.3, 0.4) is 0 Å². The first-order valence-corrected chi connectivity index (χ1v) is 9.33. The van der Waals surface area contributed by atoms with Gasteiger partial charge in [0.15, 0.2) is 11.5 Å². The first-order valence-electron chi connectivity index (χ1n) is 9.33. The first-order chi connectivity index (χ1) is 12.1. The van der Waals surface area contributed by atoms with Gasteiger partial charge in [-0.3, -0.25) is 4.90 Å². The average molecular weight is 342 g/mol. The van der Waals surface area contributed by atoms with Crippen LogP contribution in [0.2, 0.25) is 0 Å². The van der Waals surface area contributed by atoms with E-state index in [-0.39, 0.29) is 23.9 Å². The highest BCUT2D eigenvalue weighted by Crippen LogP contribution is 2.65. The van der Waals surface area contributed by atoms with Gasteiger partial charge in [-0.2, -0.15) is 0 Å². The summed E-state index contributed by atoms with van der Waals surface area (Å²) >= 11 is 0. The molecule has 1 spiro atoms. The van der Waals surface area contributed by atoms with E-state index >= 15 is 0 Å². The molecule has 4 aliphatic rings. The van der Waals surface area contributed by atoms with Crippen molar-refractivity contribution in [3.63, 3.8) is 0 Å². The molecule has 0 aromatic heterocycles. The minimum Gasteiger partial charge on any atom is -0.504 e. The van der Waals surface area contributed by atoms with Crippen molar-refractivity contribution in [3.05, 3.63) is 35.9 Å². The van der Waals surface area contributed by atoms with Gasteiger partial charge in [0, 0.05) is 24.2 Å². The van der Waals surface area contributed by atoms with E-state index in [1.807, 2.05) is 19.2 Å². The molecule has 0 amide bonds. The van der Waals surface area contributed by atoms with E-state index in [4.69, 9.17) is 4.74 Å². The van der Waals surface area contributed by atoms with Crippen LogP contribution < -0.4 is 10.1 Å². The van der Waals surface area contributed by atoms with E-state index in [0.717, 1.165) is 44.3 Å². The number of benzene rings is 1. The molecule has 3 N–H and O–H groups in total. The quantitative estimate of drug-likeness (QED) is 0.723. The average Bonchev–Trinajstić information content (AvgIpc) is 2.95. The second-order valence-electron chi connectivity index (χ2n) is 8.07. The van der Waals surface area contributed by atoms with Gasteiger partial charge >= 0.3 is 0 Å². The smallest absolute Gasteiger partial charge is 0.165 e. The third-order valence-corrected chi connectivity index (χ3v) is 7.31. The number of aromatic hydroxyl groups is 1. The van der Waals surface area contributed by atoms with Gasteiger partial charge in [-0.15, -0.1) is 6.58 Å². The molecular weight excluding hydrogens is 316 g/mol. The van der Waals surface area contributed by atoms with Gasteiger partial charge in [-0.1, -0.05) is 12.1 Å². The van der Waals surface area contributed by atoms with E-state index in [1.165, 1.54) is 5.56 Å². The Morgan fingerprint density at radius 1 is 1.44 bits per heavy atom. The number of piperidine rings is 1. The fraction of sp³-hybridized carbons (Fsp3) is 0.600. The molecule has 25 heavy (non-hydrogen) atoms. The van der Waals surface area contributed by atoms with Gasteiger partial charge in [0.2, 0.25) is 0 Å². The minimum absolute atomic E-state index is 0.0751. The third kappa shape index (κ3) is 1.65. The molecular formula is C20H26N2O3. The molecule has 134 valence electrons. The highest BCUT2D eigenvalue weighted by atomic mass is 16.5. The molecule has 1 aromatic rings. The van der Waals surface area contributed by atoms with Crippen molar-refractivity contribution < 1.29 is 14.9 Å². The van der Waals surface area contributed by atoms with Crippen molar-refractivity contribution in [1.29, 1.82) is 0 Å². The van der Waals surface area contributed by atoms with E-state index in [2.05, 4.69) is 16.8 Å². The summed E-state index contributed by atoms with van der Waals surface area (Å²) in [7, 11) is 1.96. The van der Waals surface area contributed by atoms with Gasteiger partial charge in [-0.25, -0.2) is 0 Å². The molecule has 5 atom stereocenters. The van der Waals surface area contributed by atoms with Crippen LogP contribution in [-0.2, 0) is 11.8 Å². The van der Waals surface area contributed by atoms with Gasteiger partial charge in [0.25, 0.3) is 0 Å². The van der Waals surface area contributed by atoms with Crippen LogP contribution in [0.15, 0.2) is 24.8 Å². The number of likely N-dealkylation sites (tertiary alicyclic amines) is 1. The number of rotatable bonds is 3. The molecule has 1 saturated carbocycles. The molecule has 5 nitrogen and oxygen atoms in total. The molecule has 2 bridgehead atoms. The van der Waals surface area contributed by atoms with E-state index in [9.17, 15) is 10.2 Å². The van der Waals surface area contributed by atoms with Crippen molar-refractivity contribution >= 4 is 0 Å². The largest absolute Gasteiger partial charge is 0.504 e. The van der Waals surface area contributed by atoms with E-state index < -0.39 is 11.0 Å². The van der Waals surface area contributed by atoms with Crippen molar-refractivity contribution in [2.45, 2.75) is 54.9 Å². The lowest BCUT2D eigenvalue weighted by Crippen LogP contribution is -2.77. The summed E-state index contributed by atoms with van der Waals surface area (Å²) in [5.74, 6) is 0.811. The predicted molar refractivity (Wildman–Crippen MR) is 95.1 cm³/mol. The zero-order valence-corrected chi connectivity index (χ0v) is 14.7. The summed E-state index contributed by atoms with van der Waals surface area (Å²) in [4.78, 5) is 2.38. The third-order valence-electron chi connectivity index (χ3n) is 7.31.